The van der Waals surface area contributed by atoms with E-state index in [4.69, 9.17) is 0 Å². The van der Waals surface area contributed by atoms with E-state index >= 15 is 0 Å². The minimum Gasteiger partial charge on any atom is -0.302 e. The summed E-state index contributed by atoms with van der Waals surface area (Å²) in [4.78, 5) is 27.6. The molecule has 2 rings (SSSR count). The minimum atomic E-state index is -0.323. The first-order chi connectivity index (χ1) is 9.10. The Bertz CT molecular complexity index is 551. The second-order valence-corrected chi connectivity index (χ2v) is 5.18. The maximum atomic E-state index is 11.6. The number of aromatic nitrogens is 2. The Morgan fingerprint density at radius 3 is 2.68 bits per heavy atom. The van der Waals surface area contributed by atoms with Crippen molar-refractivity contribution < 1.29 is 0 Å². The summed E-state index contributed by atoms with van der Waals surface area (Å²) in [5.41, 5.74) is -0.0467. The maximum Gasteiger partial charge on any atom is 0.328 e. The van der Waals surface area contributed by atoms with Crippen molar-refractivity contribution >= 4 is 0 Å². The molecule has 1 aromatic heterocycles. The van der Waals surface area contributed by atoms with Gasteiger partial charge in [0.15, 0.2) is 0 Å². The molecule has 0 amide bonds. The van der Waals surface area contributed by atoms with E-state index in [0.717, 1.165) is 32.5 Å². The number of likely N-dealkylation sites (tertiary alicyclic amines) is 1. The average Bonchev–Trinajstić information content (AvgIpc) is 2.42. The van der Waals surface area contributed by atoms with E-state index < -0.39 is 0 Å². The molecule has 5 nitrogen and oxygen atoms in total. The number of hydrogen-bond donors (Lipinski definition) is 1. The van der Waals surface area contributed by atoms with Crippen LogP contribution in [0.15, 0.2) is 28.4 Å². The molecule has 0 aromatic carbocycles. The highest BCUT2D eigenvalue weighted by atomic mass is 16.2. The van der Waals surface area contributed by atoms with Crippen LogP contribution < -0.4 is 11.2 Å². The van der Waals surface area contributed by atoms with Crippen molar-refractivity contribution in [3.05, 3.63) is 45.3 Å². The summed E-state index contributed by atoms with van der Waals surface area (Å²) < 4.78 is 1.58. The van der Waals surface area contributed by atoms with Crippen molar-refractivity contribution in [3.63, 3.8) is 0 Å². The molecule has 5 heteroatoms. The van der Waals surface area contributed by atoms with Gasteiger partial charge in [-0.15, -0.1) is 6.58 Å². The number of aromatic amines is 1. The molecule has 1 aliphatic heterocycles. The first-order valence-electron chi connectivity index (χ1n) is 6.75. The lowest BCUT2D eigenvalue weighted by Crippen LogP contribution is -2.38. The van der Waals surface area contributed by atoms with Gasteiger partial charge in [-0.2, -0.15) is 0 Å². The van der Waals surface area contributed by atoms with Crippen molar-refractivity contribution in [2.45, 2.75) is 26.3 Å². The van der Waals surface area contributed by atoms with Crippen LogP contribution in [0.1, 0.15) is 18.4 Å². The molecule has 0 atom stereocenters. The molecule has 1 aromatic rings. The van der Waals surface area contributed by atoms with Crippen LogP contribution >= 0.6 is 0 Å². The Morgan fingerprint density at radius 1 is 1.37 bits per heavy atom. The fourth-order valence-corrected chi connectivity index (χ4v) is 2.45. The van der Waals surface area contributed by atoms with Crippen molar-refractivity contribution in [2.75, 3.05) is 19.6 Å². The maximum absolute atomic E-state index is 11.6. The van der Waals surface area contributed by atoms with Crippen LogP contribution in [-0.4, -0.2) is 34.1 Å². The predicted molar refractivity (Wildman–Crippen MR) is 75.4 cm³/mol. The smallest absolute Gasteiger partial charge is 0.302 e. The fraction of sp³-hybridized carbons (Fsp3) is 0.571. The lowest BCUT2D eigenvalue weighted by molar-refractivity contribution is 0.196. The van der Waals surface area contributed by atoms with Gasteiger partial charge < -0.3 is 4.90 Å². The summed E-state index contributed by atoms with van der Waals surface area (Å²) in [5, 5.41) is 0. The average molecular weight is 263 g/mol. The van der Waals surface area contributed by atoms with Gasteiger partial charge in [-0.05, 0) is 38.8 Å². The molecular formula is C14H21N3O2. The summed E-state index contributed by atoms with van der Waals surface area (Å²) >= 11 is 0. The third kappa shape index (κ3) is 3.44. The summed E-state index contributed by atoms with van der Waals surface area (Å²) in [7, 11) is 0. The number of rotatable bonds is 4. The Kier molecular flexibility index (Phi) is 4.37. The normalized spacial score (nSPS) is 17.5. The lowest BCUT2D eigenvalue weighted by Gasteiger charge is -2.30. The van der Waals surface area contributed by atoms with E-state index in [2.05, 4.69) is 16.5 Å². The Labute approximate surface area is 112 Å². The van der Waals surface area contributed by atoms with Gasteiger partial charge in [0.1, 0.15) is 0 Å². The van der Waals surface area contributed by atoms with Gasteiger partial charge in [-0.25, -0.2) is 4.79 Å². The molecule has 1 fully saturated rings. The standard InChI is InChI=1S/C14H21N3O2/c1-3-12-4-6-16(7-5-12)8-9-17-10-11(2)13(18)15-14(17)19/h3,10,12H,1,4-9H2,2H3,(H,15,18,19). The minimum absolute atomic E-state index is 0.298. The number of hydrogen-bond acceptors (Lipinski definition) is 3. The molecule has 0 saturated carbocycles. The zero-order valence-electron chi connectivity index (χ0n) is 11.4. The summed E-state index contributed by atoms with van der Waals surface area (Å²) in [5.74, 6) is 0.634. The second-order valence-electron chi connectivity index (χ2n) is 5.18. The third-order valence-electron chi connectivity index (χ3n) is 3.81. The molecule has 0 bridgehead atoms. The van der Waals surface area contributed by atoms with E-state index in [1.165, 1.54) is 0 Å². The van der Waals surface area contributed by atoms with Crippen molar-refractivity contribution in [3.8, 4) is 0 Å². The molecule has 0 aliphatic carbocycles. The monoisotopic (exact) mass is 263 g/mol. The van der Waals surface area contributed by atoms with E-state index in [0.29, 0.717) is 18.0 Å². The van der Waals surface area contributed by atoms with Crippen molar-refractivity contribution in [1.29, 1.82) is 0 Å². The molecule has 104 valence electrons. The molecule has 1 saturated heterocycles. The van der Waals surface area contributed by atoms with E-state index in [-0.39, 0.29) is 11.2 Å². The van der Waals surface area contributed by atoms with Gasteiger partial charge in [0.05, 0.1) is 0 Å². The number of allylic oxidation sites excluding steroid dienone is 1. The predicted octanol–water partition coefficient (Wildman–Crippen LogP) is 0.743. The molecule has 0 spiro atoms. The number of H-pyrrole nitrogens is 1. The largest absolute Gasteiger partial charge is 0.328 e. The summed E-state index contributed by atoms with van der Waals surface area (Å²) in [6.07, 6.45) is 5.96. The van der Waals surface area contributed by atoms with Gasteiger partial charge in [0.25, 0.3) is 5.56 Å². The summed E-state index contributed by atoms with van der Waals surface area (Å²) in [6.45, 7) is 9.11. The fourth-order valence-electron chi connectivity index (χ4n) is 2.45. The van der Waals surface area contributed by atoms with Gasteiger partial charge in [-0.1, -0.05) is 6.08 Å². The molecule has 0 unspecified atom stereocenters. The quantitative estimate of drug-likeness (QED) is 0.815. The third-order valence-corrected chi connectivity index (χ3v) is 3.81. The molecule has 0 radical (unpaired) electrons. The highest BCUT2D eigenvalue weighted by Gasteiger charge is 2.16. The van der Waals surface area contributed by atoms with Gasteiger partial charge in [0, 0.05) is 24.8 Å². The highest BCUT2D eigenvalue weighted by Crippen LogP contribution is 2.17. The Balaban J connectivity index is 1.93. The van der Waals surface area contributed by atoms with Crippen LogP contribution in [0, 0.1) is 12.8 Å². The van der Waals surface area contributed by atoms with Crippen LogP contribution in [0.3, 0.4) is 0 Å². The van der Waals surface area contributed by atoms with Crippen LogP contribution in [0.4, 0.5) is 0 Å². The highest BCUT2D eigenvalue weighted by molar-refractivity contribution is 5.00. The zero-order chi connectivity index (χ0) is 13.8. The second kappa shape index (κ2) is 6.02. The molecule has 1 N–H and O–H groups in total. The van der Waals surface area contributed by atoms with Crippen molar-refractivity contribution in [1.82, 2.24) is 14.5 Å². The van der Waals surface area contributed by atoms with Crippen LogP contribution in [0.5, 0.6) is 0 Å². The van der Waals surface area contributed by atoms with Crippen molar-refractivity contribution in [2.24, 2.45) is 5.92 Å². The first-order valence-corrected chi connectivity index (χ1v) is 6.75. The van der Waals surface area contributed by atoms with E-state index in [1.54, 1.807) is 17.7 Å². The summed E-state index contributed by atoms with van der Waals surface area (Å²) in [6, 6.07) is 0. The molecule has 2 heterocycles. The van der Waals surface area contributed by atoms with Gasteiger partial charge >= 0.3 is 5.69 Å². The topological polar surface area (TPSA) is 58.1 Å². The van der Waals surface area contributed by atoms with Crippen LogP contribution in [0.25, 0.3) is 0 Å². The number of nitrogens with zero attached hydrogens (tertiary/aromatic N) is 2. The number of piperidine rings is 1. The number of nitrogens with one attached hydrogen (secondary N) is 1. The van der Waals surface area contributed by atoms with E-state index in [9.17, 15) is 9.59 Å². The Morgan fingerprint density at radius 2 is 2.05 bits per heavy atom. The molecule has 1 aliphatic rings. The first kappa shape index (κ1) is 13.8. The van der Waals surface area contributed by atoms with Crippen LogP contribution in [0.2, 0.25) is 0 Å². The van der Waals surface area contributed by atoms with E-state index in [1.807, 2.05) is 6.08 Å². The molecular weight excluding hydrogens is 242 g/mol. The van der Waals surface area contributed by atoms with Gasteiger partial charge in [-0.3, -0.25) is 14.3 Å². The van der Waals surface area contributed by atoms with Gasteiger partial charge in [0.2, 0.25) is 0 Å². The zero-order valence-corrected chi connectivity index (χ0v) is 11.4. The Hall–Kier alpha value is -1.62. The SMILES string of the molecule is C=CC1CCN(CCn2cc(C)c(=O)[nH]c2=O)CC1. The van der Waals surface area contributed by atoms with Crippen LogP contribution in [-0.2, 0) is 6.54 Å². The lowest BCUT2D eigenvalue weighted by atomic mass is 9.97. The number of aryl methyl sites for hydroxylation is 1. The molecule has 19 heavy (non-hydrogen) atoms.